The predicted octanol–water partition coefficient (Wildman–Crippen LogP) is 1.92. The van der Waals surface area contributed by atoms with Crippen LogP contribution in [0.4, 0.5) is 0 Å². The summed E-state index contributed by atoms with van der Waals surface area (Å²) in [4.78, 5) is 2.96. The Kier molecular flexibility index (Phi) is 3.34. The molecule has 1 fully saturated rings. The van der Waals surface area contributed by atoms with Gasteiger partial charge in [0, 0.05) is 12.1 Å². The summed E-state index contributed by atoms with van der Waals surface area (Å²) < 4.78 is 0. The molecule has 1 saturated heterocycles. The van der Waals surface area contributed by atoms with Gasteiger partial charge in [-0.05, 0) is 31.5 Å². The van der Waals surface area contributed by atoms with Gasteiger partial charge in [-0.1, -0.05) is 36.5 Å². The molecule has 0 atom stereocenters. The van der Waals surface area contributed by atoms with E-state index >= 15 is 0 Å². The minimum Gasteiger partial charge on any atom is -0.389 e. The van der Waals surface area contributed by atoms with Crippen molar-refractivity contribution in [3.05, 3.63) is 35.4 Å². The Bertz CT molecular complexity index is 356. The minimum atomic E-state index is 0.504. The second kappa shape index (κ2) is 4.73. The summed E-state index contributed by atoms with van der Waals surface area (Å²) in [5.41, 5.74) is 7.99. The molecule has 2 rings (SSSR count). The molecule has 0 radical (unpaired) electrons. The Balaban J connectivity index is 2.15. The zero-order valence-electron chi connectivity index (χ0n) is 8.78. The van der Waals surface area contributed by atoms with Gasteiger partial charge in [0.2, 0.25) is 0 Å². The number of nitrogens with two attached hydrogens (primary N) is 1. The second-order valence-corrected chi connectivity index (χ2v) is 4.44. The summed E-state index contributed by atoms with van der Waals surface area (Å²) in [7, 11) is 0. The van der Waals surface area contributed by atoms with E-state index < -0.39 is 0 Å². The van der Waals surface area contributed by atoms with Crippen LogP contribution in [0.5, 0.6) is 0 Å². The van der Waals surface area contributed by atoms with Gasteiger partial charge in [0.1, 0.15) is 4.99 Å². The summed E-state index contributed by atoms with van der Waals surface area (Å²) in [6.07, 6.45) is 2.63. The van der Waals surface area contributed by atoms with Gasteiger partial charge < -0.3 is 5.73 Å². The van der Waals surface area contributed by atoms with Crippen molar-refractivity contribution in [3.63, 3.8) is 0 Å². The molecule has 0 saturated carbocycles. The predicted molar refractivity (Wildman–Crippen MR) is 66.8 cm³/mol. The van der Waals surface area contributed by atoms with Crippen molar-refractivity contribution in [2.45, 2.75) is 19.4 Å². The molecule has 1 aliphatic rings. The van der Waals surface area contributed by atoms with Gasteiger partial charge in [0.15, 0.2) is 0 Å². The van der Waals surface area contributed by atoms with Gasteiger partial charge in [-0.25, -0.2) is 0 Å². The van der Waals surface area contributed by atoms with Crippen molar-refractivity contribution in [2.75, 3.05) is 13.1 Å². The van der Waals surface area contributed by atoms with Crippen LogP contribution in [-0.4, -0.2) is 23.0 Å². The lowest BCUT2D eigenvalue weighted by Crippen LogP contribution is -2.21. The quantitative estimate of drug-likeness (QED) is 0.789. The summed E-state index contributed by atoms with van der Waals surface area (Å²) in [6, 6.07) is 8.16. The number of hydrogen-bond acceptors (Lipinski definition) is 2. The lowest BCUT2D eigenvalue weighted by molar-refractivity contribution is 0.331. The first-order valence-corrected chi connectivity index (χ1v) is 5.78. The molecule has 0 aliphatic carbocycles. The molecular formula is C12H16N2S. The highest BCUT2D eigenvalue weighted by atomic mass is 32.1. The number of benzene rings is 1. The number of rotatable bonds is 3. The molecule has 1 heterocycles. The van der Waals surface area contributed by atoms with Crippen LogP contribution < -0.4 is 5.73 Å². The average molecular weight is 220 g/mol. The van der Waals surface area contributed by atoms with Crippen molar-refractivity contribution in [1.82, 2.24) is 4.90 Å². The topological polar surface area (TPSA) is 29.3 Å². The minimum absolute atomic E-state index is 0.504. The molecule has 0 unspecified atom stereocenters. The Morgan fingerprint density at radius 2 is 1.93 bits per heavy atom. The first-order chi connectivity index (χ1) is 7.27. The van der Waals surface area contributed by atoms with Crippen LogP contribution in [0, 0.1) is 0 Å². The summed E-state index contributed by atoms with van der Waals surface area (Å²) in [6.45, 7) is 3.38. The summed E-state index contributed by atoms with van der Waals surface area (Å²) >= 11 is 5.05. The van der Waals surface area contributed by atoms with E-state index in [1.54, 1.807) is 0 Å². The van der Waals surface area contributed by atoms with E-state index in [1.807, 2.05) is 18.2 Å². The molecule has 0 aromatic heterocycles. The maximum atomic E-state index is 5.70. The lowest BCUT2D eigenvalue weighted by atomic mass is 10.1. The van der Waals surface area contributed by atoms with Crippen LogP contribution in [0.25, 0.3) is 0 Å². The zero-order valence-corrected chi connectivity index (χ0v) is 9.59. The molecule has 80 valence electrons. The van der Waals surface area contributed by atoms with Gasteiger partial charge in [-0.15, -0.1) is 0 Å². The van der Waals surface area contributed by atoms with Crippen molar-refractivity contribution >= 4 is 17.2 Å². The van der Waals surface area contributed by atoms with Crippen LogP contribution in [0.15, 0.2) is 24.3 Å². The molecule has 0 bridgehead atoms. The molecule has 1 aliphatic heterocycles. The molecule has 0 spiro atoms. The van der Waals surface area contributed by atoms with Gasteiger partial charge in [0.05, 0.1) is 0 Å². The van der Waals surface area contributed by atoms with Crippen LogP contribution >= 0.6 is 12.2 Å². The SMILES string of the molecule is NC(=S)c1ccccc1CN1CCCC1. The molecule has 1 aromatic carbocycles. The number of hydrogen-bond donors (Lipinski definition) is 1. The van der Waals surface area contributed by atoms with Crippen LogP contribution in [0.2, 0.25) is 0 Å². The average Bonchev–Trinajstić information content (AvgIpc) is 2.71. The summed E-state index contributed by atoms with van der Waals surface area (Å²) in [5, 5.41) is 0. The first kappa shape index (κ1) is 10.6. The number of thiocarbonyl (C=S) groups is 1. The van der Waals surface area contributed by atoms with Gasteiger partial charge >= 0.3 is 0 Å². The lowest BCUT2D eigenvalue weighted by Gasteiger charge is -2.16. The third kappa shape index (κ3) is 2.55. The molecule has 1 aromatic rings. The van der Waals surface area contributed by atoms with E-state index in [4.69, 9.17) is 18.0 Å². The highest BCUT2D eigenvalue weighted by molar-refractivity contribution is 7.80. The molecule has 3 heteroatoms. The first-order valence-electron chi connectivity index (χ1n) is 5.37. The zero-order chi connectivity index (χ0) is 10.7. The Labute approximate surface area is 96.1 Å². The van der Waals surface area contributed by atoms with E-state index in [0.29, 0.717) is 4.99 Å². The fourth-order valence-corrected chi connectivity index (χ4v) is 2.28. The van der Waals surface area contributed by atoms with E-state index in [0.717, 1.165) is 12.1 Å². The van der Waals surface area contributed by atoms with Crippen molar-refractivity contribution < 1.29 is 0 Å². The van der Waals surface area contributed by atoms with Crippen LogP contribution in [0.1, 0.15) is 24.0 Å². The van der Waals surface area contributed by atoms with Crippen molar-refractivity contribution in [1.29, 1.82) is 0 Å². The van der Waals surface area contributed by atoms with Crippen LogP contribution in [-0.2, 0) is 6.54 Å². The molecule has 15 heavy (non-hydrogen) atoms. The van der Waals surface area contributed by atoms with Gasteiger partial charge in [-0.3, -0.25) is 4.90 Å². The smallest absolute Gasteiger partial charge is 0.104 e. The largest absolute Gasteiger partial charge is 0.389 e. The Hall–Kier alpha value is -0.930. The van der Waals surface area contributed by atoms with Crippen molar-refractivity contribution in [2.24, 2.45) is 5.73 Å². The fourth-order valence-electron chi connectivity index (χ4n) is 2.08. The Morgan fingerprint density at radius 3 is 2.60 bits per heavy atom. The van der Waals surface area contributed by atoms with Crippen LogP contribution in [0.3, 0.4) is 0 Å². The summed E-state index contributed by atoms with van der Waals surface area (Å²) in [5.74, 6) is 0. The maximum absolute atomic E-state index is 5.70. The standard InChI is InChI=1S/C12H16N2S/c13-12(15)11-6-2-1-5-10(11)9-14-7-3-4-8-14/h1-2,5-6H,3-4,7-9H2,(H2,13,15). The number of likely N-dealkylation sites (tertiary alicyclic amines) is 1. The van der Waals surface area contributed by atoms with E-state index in [1.165, 1.54) is 31.5 Å². The molecule has 2 N–H and O–H groups in total. The Morgan fingerprint density at radius 1 is 1.27 bits per heavy atom. The van der Waals surface area contributed by atoms with Crippen molar-refractivity contribution in [3.8, 4) is 0 Å². The third-order valence-corrected chi connectivity index (χ3v) is 3.10. The van der Waals surface area contributed by atoms with E-state index in [9.17, 15) is 0 Å². The molecular weight excluding hydrogens is 204 g/mol. The normalized spacial score (nSPS) is 16.8. The number of nitrogens with zero attached hydrogens (tertiary/aromatic N) is 1. The maximum Gasteiger partial charge on any atom is 0.104 e. The monoisotopic (exact) mass is 220 g/mol. The fraction of sp³-hybridized carbons (Fsp3) is 0.417. The van der Waals surface area contributed by atoms with Gasteiger partial charge in [-0.2, -0.15) is 0 Å². The highest BCUT2D eigenvalue weighted by Gasteiger charge is 2.13. The van der Waals surface area contributed by atoms with E-state index in [-0.39, 0.29) is 0 Å². The second-order valence-electron chi connectivity index (χ2n) is 4.00. The van der Waals surface area contributed by atoms with Gasteiger partial charge in [0.25, 0.3) is 0 Å². The van der Waals surface area contributed by atoms with E-state index in [2.05, 4.69) is 11.0 Å². The molecule has 0 amide bonds. The highest BCUT2D eigenvalue weighted by Crippen LogP contribution is 2.15. The molecule has 2 nitrogen and oxygen atoms in total. The third-order valence-electron chi connectivity index (χ3n) is 2.88.